The highest BCUT2D eigenvalue weighted by molar-refractivity contribution is 5.79. The molecule has 0 saturated carbocycles. The number of piperazine rings is 1. The summed E-state index contributed by atoms with van der Waals surface area (Å²) in [6, 6.07) is 8.16. The number of hydrogen-bond acceptors (Lipinski definition) is 6. The molecule has 0 N–H and O–H groups in total. The van der Waals surface area contributed by atoms with Gasteiger partial charge in [-0.3, -0.25) is 4.79 Å². The van der Waals surface area contributed by atoms with Crippen molar-refractivity contribution in [1.82, 2.24) is 14.9 Å². The van der Waals surface area contributed by atoms with E-state index in [1.54, 1.807) is 12.1 Å². The van der Waals surface area contributed by atoms with Gasteiger partial charge in [-0.2, -0.15) is 0 Å². The Morgan fingerprint density at radius 1 is 0.966 bits per heavy atom. The second-order valence-electron chi connectivity index (χ2n) is 7.40. The third-order valence-corrected chi connectivity index (χ3v) is 5.37. The van der Waals surface area contributed by atoms with E-state index in [-0.39, 0.29) is 11.7 Å². The Balaban J connectivity index is 1.37. The second-order valence-corrected chi connectivity index (χ2v) is 7.40. The fourth-order valence-electron chi connectivity index (χ4n) is 3.73. The van der Waals surface area contributed by atoms with Crippen LogP contribution in [0.5, 0.6) is 0 Å². The van der Waals surface area contributed by atoms with Crippen molar-refractivity contribution in [2.75, 3.05) is 62.3 Å². The fourth-order valence-corrected chi connectivity index (χ4v) is 3.73. The van der Waals surface area contributed by atoms with Crippen LogP contribution in [0.2, 0.25) is 0 Å². The van der Waals surface area contributed by atoms with Crippen molar-refractivity contribution in [2.45, 2.75) is 13.3 Å². The Bertz CT molecular complexity index is 847. The maximum atomic E-state index is 13.0. The highest BCUT2D eigenvalue weighted by Crippen LogP contribution is 2.21. The molecule has 2 aliphatic heterocycles. The number of hydrogen-bond donors (Lipinski definition) is 0. The molecule has 0 aliphatic carbocycles. The molecule has 0 unspecified atom stereocenters. The average molecular weight is 399 g/mol. The third-order valence-electron chi connectivity index (χ3n) is 5.37. The maximum absolute atomic E-state index is 13.0. The van der Waals surface area contributed by atoms with Gasteiger partial charge < -0.3 is 19.4 Å². The summed E-state index contributed by atoms with van der Waals surface area (Å²) >= 11 is 0. The van der Waals surface area contributed by atoms with Crippen LogP contribution in [0, 0.1) is 12.7 Å². The number of carbonyl (C=O) groups is 1. The van der Waals surface area contributed by atoms with Gasteiger partial charge in [0.2, 0.25) is 5.91 Å². The minimum Gasteiger partial charge on any atom is -0.378 e. The van der Waals surface area contributed by atoms with Crippen molar-refractivity contribution in [3.05, 3.63) is 47.5 Å². The number of rotatable bonds is 4. The molecule has 1 amide bonds. The van der Waals surface area contributed by atoms with E-state index in [1.807, 2.05) is 17.9 Å². The lowest BCUT2D eigenvalue weighted by molar-refractivity contribution is -0.130. The number of morpholine rings is 1. The molecule has 2 aromatic rings. The number of aromatic nitrogens is 2. The molecule has 7 nitrogen and oxygen atoms in total. The molecule has 0 atom stereocenters. The highest BCUT2D eigenvalue weighted by atomic mass is 19.1. The summed E-state index contributed by atoms with van der Waals surface area (Å²) in [5, 5.41) is 0. The lowest BCUT2D eigenvalue weighted by Crippen LogP contribution is -2.49. The van der Waals surface area contributed by atoms with Crippen LogP contribution in [0.25, 0.3) is 0 Å². The molecule has 8 heteroatoms. The molecule has 1 aromatic heterocycles. The van der Waals surface area contributed by atoms with Crippen molar-refractivity contribution in [3.8, 4) is 0 Å². The van der Waals surface area contributed by atoms with Gasteiger partial charge in [0.15, 0.2) is 0 Å². The summed E-state index contributed by atoms with van der Waals surface area (Å²) in [4.78, 5) is 28.1. The summed E-state index contributed by atoms with van der Waals surface area (Å²) in [5.41, 5.74) is 0.834. The van der Waals surface area contributed by atoms with Crippen molar-refractivity contribution in [2.24, 2.45) is 0 Å². The average Bonchev–Trinajstić information content (AvgIpc) is 2.75. The number of anilines is 2. The molecular formula is C21H26FN5O2. The lowest BCUT2D eigenvalue weighted by atomic mass is 10.1. The maximum Gasteiger partial charge on any atom is 0.227 e. The molecule has 0 bridgehead atoms. The van der Waals surface area contributed by atoms with Gasteiger partial charge in [0.25, 0.3) is 0 Å². The predicted octanol–water partition coefficient (Wildman–Crippen LogP) is 1.65. The SMILES string of the molecule is Cc1nc(N2CCOCC2)cc(N2CCN(C(=O)Cc3ccc(F)cc3)CC2)n1. The van der Waals surface area contributed by atoms with Crippen molar-refractivity contribution in [1.29, 1.82) is 0 Å². The molecule has 2 fully saturated rings. The smallest absolute Gasteiger partial charge is 0.227 e. The highest BCUT2D eigenvalue weighted by Gasteiger charge is 2.23. The van der Waals surface area contributed by atoms with Crippen LogP contribution in [0.1, 0.15) is 11.4 Å². The van der Waals surface area contributed by atoms with Gasteiger partial charge >= 0.3 is 0 Å². The van der Waals surface area contributed by atoms with Crippen LogP contribution in [-0.2, 0) is 16.0 Å². The largest absolute Gasteiger partial charge is 0.378 e. The first-order valence-electron chi connectivity index (χ1n) is 10.0. The summed E-state index contributed by atoms with van der Waals surface area (Å²) in [5.74, 6) is 2.38. The van der Waals surface area contributed by atoms with E-state index in [0.29, 0.717) is 32.7 Å². The molecule has 2 saturated heterocycles. The molecule has 0 spiro atoms. The van der Waals surface area contributed by atoms with E-state index < -0.39 is 0 Å². The Morgan fingerprint density at radius 3 is 2.17 bits per heavy atom. The Hall–Kier alpha value is -2.74. The van der Waals surface area contributed by atoms with Gasteiger partial charge in [-0.25, -0.2) is 14.4 Å². The van der Waals surface area contributed by atoms with Gasteiger partial charge in [0, 0.05) is 45.3 Å². The Morgan fingerprint density at radius 2 is 1.55 bits per heavy atom. The van der Waals surface area contributed by atoms with E-state index in [4.69, 9.17) is 4.74 Å². The van der Waals surface area contributed by atoms with Gasteiger partial charge in [-0.15, -0.1) is 0 Å². The zero-order valence-corrected chi connectivity index (χ0v) is 16.7. The van der Waals surface area contributed by atoms with Crippen LogP contribution in [-0.4, -0.2) is 73.3 Å². The number of carbonyl (C=O) groups excluding carboxylic acids is 1. The zero-order valence-electron chi connectivity index (χ0n) is 16.7. The Kier molecular flexibility index (Phi) is 5.89. The minimum absolute atomic E-state index is 0.0733. The van der Waals surface area contributed by atoms with Gasteiger partial charge in [-0.05, 0) is 24.6 Å². The first-order chi connectivity index (χ1) is 14.1. The second kappa shape index (κ2) is 8.73. The topological polar surface area (TPSA) is 61.8 Å². The van der Waals surface area contributed by atoms with Gasteiger partial charge in [0.1, 0.15) is 23.3 Å². The van der Waals surface area contributed by atoms with Crippen LogP contribution in [0.4, 0.5) is 16.0 Å². The van der Waals surface area contributed by atoms with Crippen molar-refractivity contribution >= 4 is 17.5 Å². The number of amides is 1. The van der Waals surface area contributed by atoms with Crippen LogP contribution >= 0.6 is 0 Å². The van der Waals surface area contributed by atoms with Crippen LogP contribution in [0.3, 0.4) is 0 Å². The molecule has 154 valence electrons. The molecule has 29 heavy (non-hydrogen) atoms. The van der Waals surface area contributed by atoms with Gasteiger partial charge in [0.05, 0.1) is 19.6 Å². The van der Waals surface area contributed by atoms with E-state index >= 15 is 0 Å². The monoisotopic (exact) mass is 399 g/mol. The zero-order chi connectivity index (χ0) is 20.2. The number of ether oxygens (including phenoxy) is 1. The quantitative estimate of drug-likeness (QED) is 0.779. The van der Waals surface area contributed by atoms with E-state index in [1.165, 1.54) is 12.1 Å². The minimum atomic E-state index is -0.286. The normalized spacial score (nSPS) is 17.5. The van der Waals surface area contributed by atoms with Crippen LogP contribution < -0.4 is 9.80 Å². The third kappa shape index (κ3) is 4.82. The summed E-state index contributed by atoms with van der Waals surface area (Å²) in [7, 11) is 0. The predicted molar refractivity (Wildman–Crippen MR) is 109 cm³/mol. The molecule has 3 heterocycles. The van der Waals surface area contributed by atoms with E-state index in [0.717, 1.165) is 49.2 Å². The first-order valence-corrected chi connectivity index (χ1v) is 10.0. The molecule has 2 aliphatic rings. The Labute approximate surface area is 170 Å². The summed E-state index contributed by atoms with van der Waals surface area (Å²) < 4.78 is 18.5. The molecule has 1 aromatic carbocycles. The number of benzene rings is 1. The number of aryl methyl sites for hydroxylation is 1. The van der Waals surface area contributed by atoms with Crippen molar-refractivity contribution in [3.63, 3.8) is 0 Å². The first kappa shape index (κ1) is 19.6. The van der Waals surface area contributed by atoms with E-state index in [9.17, 15) is 9.18 Å². The summed E-state index contributed by atoms with van der Waals surface area (Å²) in [6.07, 6.45) is 0.300. The number of nitrogens with zero attached hydrogens (tertiary/aromatic N) is 5. The van der Waals surface area contributed by atoms with Crippen LogP contribution in [0.15, 0.2) is 30.3 Å². The summed E-state index contributed by atoms with van der Waals surface area (Å²) in [6.45, 7) is 7.77. The van der Waals surface area contributed by atoms with Gasteiger partial charge in [-0.1, -0.05) is 12.1 Å². The lowest BCUT2D eigenvalue weighted by Gasteiger charge is -2.36. The van der Waals surface area contributed by atoms with Crippen molar-refractivity contribution < 1.29 is 13.9 Å². The molecular weight excluding hydrogens is 373 g/mol. The number of halogens is 1. The molecule has 4 rings (SSSR count). The standard InChI is InChI=1S/C21H26FN5O2/c1-16-23-19(15-20(24-16)26-10-12-29-13-11-26)25-6-8-27(9-7-25)21(28)14-17-2-4-18(22)5-3-17/h2-5,15H,6-14H2,1H3. The van der Waals surface area contributed by atoms with E-state index in [2.05, 4.69) is 19.8 Å². The fraction of sp³-hybridized carbons (Fsp3) is 0.476. The molecule has 0 radical (unpaired) electrons.